The standard InChI is InChI=1S/C19H22ClN3O4S2/c1-21(2)29(24,25)16-8-9-18-17(12-16)23(19(28)27-18)13-22(3)10-11-26-15-6-4-14(20)5-7-15/h4-9,12H,10-11,13H2,1-3H3. The summed E-state index contributed by atoms with van der Waals surface area (Å²) in [7, 11) is 1.36. The molecule has 2 aromatic carbocycles. The Morgan fingerprint density at radius 3 is 2.48 bits per heavy atom. The molecule has 3 rings (SSSR count). The molecule has 0 atom stereocenters. The summed E-state index contributed by atoms with van der Waals surface area (Å²) in [4.78, 5) is 2.48. The molecule has 29 heavy (non-hydrogen) atoms. The summed E-state index contributed by atoms with van der Waals surface area (Å²) in [5.41, 5.74) is 1.17. The van der Waals surface area contributed by atoms with Crippen molar-refractivity contribution in [2.75, 3.05) is 34.3 Å². The van der Waals surface area contributed by atoms with Gasteiger partial charge in [0.15, 0.2) is 5.58 Å². The molecule has 156 valence electrons. The lowest BCUT2D eigenvalue weighted by Gasteiger charge is -2.18. The molecule has 0 amide bonds. The number of oxazole rings is 1. The van der Waals surface area contributed by atoms with Crippen LogP contribution in [0.25, 0.3) is 11.1 Å². The molecule has 0 unspecified atom stereocenters. The highest BCUT2D eigenvalue weighted by Crippen LogP contribution is 2.23. The molecule has 1 aromatic heterocycles. The van der Waals surface area contributed by atoms with Gasteiger partial charge in [0.2, 0.25) is 10.0 Å². The van der Waals surface area contributed by atoms with Crippen molar-refractivity contribution in [2.45, 2.75) is 11.6 Å². The molecule has 0 N–H and O–H groups in total. The zero-order valence-electron chi connectivity index (χ0n) is 16.3. The predicted octanol–water partition coefficient (Wildman–Crippen LogP) is 3.84. The second-order valence-corrected chi connectivity index (χ2v) is 9.67. The van der Waals surface area contributed by atoms with Gasteiger partial charge in [-0.3, -0.25) is 9.47 Å². The van der Waals surface area contributed by atoms with E-state index >= 15 is 0 Å². The van der Waals surface area contributed by atoms with Crippen LogP contribution in [0.2, 0.25) is 5.02 Å². The third-order valence-electron chi connectivity index (χ3n) is 4.36. The summed E-state index contributed by atoms with van der Waals surface area (Å²) in [6, 6.07) is 11.9. The van der Waals surface area contributed by atoms with Crippen molar-refractivity contribution >= 4 is 44.9 Å². The van der Waals surface area contributed by atoms with Crippen LogP contribution in [0.15, 0.2) is 51.8 Å². The molecule has 1 heterocycles. The molecular weight excluding hydrogens is 434 g/mol. The Morgan fingerprint density at radius 1 is 1.14 bits per heavy atom. The molecule has 0 bridgehead atoms. The van der Waals surface area contributed by atoms with Gasteiger partial charge in [-0.05, 0) is 61.7 Å². The average molecular weight is 456 g/mol. The molecule has 0 fully saturated rings. The van der Waals surface area contributed by atoms with E-state index in [1.165, 1.54) is 24.5 Å². The number of benzene rings is 2. The Kier molecular flexibility index (Phi) is 6.65. The van der Waals surface area contributed by atoms with Crippen LogP contribution in [0, 0.1) is 4.84 Å². The van der Waals surface area contributed by atoms with Crippen molar-refractivity contribution in [3.63, 3.8) is 0 Å². The first kappa shape index (κ1) is 21.8. The van der Waals surface area contributed by atoms with Crippen LogP contribution in [0.4, 0.5) is 0 Å². The molecule has 0 aliphatic carbocycles. The van der Waals surface area contributed by atoms with E-state index in [1.54, 1.807) is 28.8 Å². The monoisotopic (exact) mass is 455 g/mol. The highest BCUT2D eigenvalue weighted by atomic mass is 35.5. The SMILES string of the molecule is CN(CCOc1ccc(Cl)cc1)Cn1c(=S)oc2ccc(S(=O)(=O)N(C)C)cc21. The lowest BCUT2D eigenvalue weighted by Crippen LogP contribution is -2.27. The molecule has 0 aliphatic heterocycles. The maximum absolute atomic E-state index is 12.4. The molecule has 3 aromatic rings. The van der Waals surface area contributed by atoms with Gasteiger partial charge in [0.05, 0.1) is 17.1 Å². The predicted molar refractivity (Wildman–Crippen MR) is 115 cm³/mol. The molecule has 0 saturated heterocycles. The quantitative estimate of drug-likeness (QED) is 0.481. The van der Waals surface area contributed by atoms with E-state index in [2.05, 4.69) is 0 Å². The van der Waals surface area contributed by atoms with Crippen molar-refractivity contribution in [3.05, 3.63) is 52.3 Å². The van der Waals surface area contributed by atoms with E-state index in [9.17, 15) is 8.42 Å². The van der Waals surface area contributed by atoms with Crippen LogP contribution in [0.1, 0.15) is 0 Å². The van der Waals surface area contributed by atoms with Gasteiger partial charge in [0.1, 0.15) is 12.4 Å². The smallest absolute Gasteiger partial charge is 0.270 e. The number of ether oxygens (including phenoxy) is 1. The Hall–Kier alpha value is -1.91. The summed E-state index contributed by atoms with van der Waals surface area (Å²) < 4.78 is 39.1. The van der Waals surface area contributed by atoms with E-state index in [-0.39, 0.29) is 9.73 Å². The Bertz CT molecular complexity index is 1150. The number of hydrogen-bond donors (Lipinski definition) is 0. The summed E-state index contributed by atoms with van der Waals surface area (Å²) >= 11 is 11.2. The highest BCUT2D eigenvalue weighted by molar-refractivity contribution is 7.89. The number of likely N-dealkylation sites (N-methyl/N-ethyl adjacent to an activating group) is 1. The van der Waals surface area contributed by atoms with Gasteiger partial charge in [-0.2, -0.15) is 0 Å². The number of rotatable bonds is 8. The minimum Gasteiger partial charge on any atom is -0.492 e. The first-order valence-corrected chi connectivity index (χ1v) is 11.0. The van der Waals surface area contributed by atoms with E-state index in [0.29, 0.717) is 35.9 Å². The number of sulfonamides is 1. The number of fused-ring (bicyclic) bond motifs is 1. The van der Waals surface area contributed by atoms with Crippen molar-refractivity contribution in [3.8, 4) is 5.75 Å². The Balaban J connectivity index is 1.74. The van der Waals surface area contributed by atoms with E-state index in [0.717, 1.165) is 5.75 Å². The van der Waals surface area contributed by atoms with Crippen LogP contribution >= 0.6 is 23.8 Å². The zero-order chi connectivity index (χ0) is 21.2. The molecular formula is C19H22ClN3O4S2. The topological polar surface area (TPSA) is 67.9 Å². The van der Waals surface area contributed by atoms with Gasteiger partial charge in [-0.15, -0.1) is 0 Å². The summed E-state index contributed by atoms with van der Waals surface area (Å²) in [5, 5.41) is 0.659. The summed E-state index contributed by atoms with van der Waals surface area (Å²) in [6.45, 7) is 1.54. The third kappa shape index (κ3) is 4.99. The van der Waals surface area contributed by atoms with Gasteiger partial charge < -0.3 is 9.15 Å². The van der Waals surface area contributed by atoms with Crippen molar-refractivity contribution < 1.29 is 17.6 Å². The largest absolute Gasteiger partial charge is 0.492 e. The van der Waals surface area contributed by atoms with Gasteiger partial charge >= 0.3 is 0 Å². The van der Waals surface area contributed by atoms with Crippen molar-refractivity contribution in [2.24, 2.45) is 0 Å². The lowest BCUT2D eigenvalue weighted by atomic mass is 10.3. The molecule has 7 nitrogen and oxygen atoms in total. The lowest BCUT2D eigenvalue weighted by molar-refractivity contribution is 0.205. The zero-order valence-corrected chi connectivity index (χ0v) is 18.7. The molecule has 0 spiro atoms. The number of aromatic nitrogens is 1. The third-order valence-corrected chi connectivity index (χ3v) is 6.72. The molecule has 0 radical (unpaired) electrons. The fourth-order valence-electron chi connectivity index (χ4n) is 2.71. The van der Waals surface area contributed by atoms with Crippen LogP contribution in [0.5, 0.6) is 5.75 Å². The average Bonchev–Trinajstić information content (AvgIpc) is 2.98. The maximum Gasteiger partial charge on any atom is 0.270 e. The summed E-state index contributed by atoms with van der Waals surface area (Å²) in [6.07, 6.45) is 0. The van der Waals surface area contributed by atoms with Gasteiger partial charge in [-0.1, -0.05) is 11.6 Å². The second-order valence-electron chi connectivity index (χ2n) is 6.74. The van der Waals surface area contributed by atoms with Crippen molar-refractivity contribution in [1.82, 2.24) is 13.8 Å². The molecule has 10 heteroatoms. The van der Waals surface area contributed by atoms with E-state index in [1.807, 2.05) is 24.1 Å². The fourth-order valence-corrected chi connectivity index (χ4v) is 4.00. The number of hydrogen-bond acceptors (Lipinski definition) is 6. The van der Waals surface area contributed by atoms with E-state index < -0.39 is 10.0 Å². The maximum atomic E-state index is 12.4. The minimum atomic E-state index is -3.55. The van der Waals surface area contributed by atoms with Crippen LogP contribution < -0.4 is 4.74 Å². The molecule has 0 aliphatic rings. The van der Waals surface area contributed by atoms with Crippen LogP contribution in [0.3, 0.4) is 0 Å². The van der Waals surface area contributed by atoms with Crippen LogP contribution in [-0.2, 0) is 16.7 Å². The Morgan fingerprint density at radius 2 is 1.83 bits per heavy atom. The fraction of sp³-hybridized carbons (Fsp3) is 0.316. The first-order chi connectivity index (χ1) is 13.7. The number of nitrogens with zero attached hydrogens (tertiary/aromatic N) is 3. The van der Waals surface area contributed by atoms with Crippen LogP contribution in [-0.4, -0.2) is 56.5 Å². The number of halogens is 1. The van der Waals surface area contributed by atoms with Gasteiger partial charge in [-0.25, -0.2) is 12.7 Å². The highest BCUT2D eigenvalue weighted by Gasteiger charge is 2.19. The van der Waals surface area contributed by atoms with Gasteiger partial charge in [0, 0.05) is 25.7 Å². The second kappa shape index (κ2) is 8.85. The van der Waals surface area contributed by atoms with Crippen molar-refractivity contribution in [1.29, 1.82) is 0 Å². The minimum absolute atomic E-state index is 0.188. The Labute approximate surface area is 180 Å². The normalized spacial score (nSPS) is 12.2. The molecule has 0 saturated carbocycles. The first-order valence-electron chi connectivity index (χ1n) is 8.81. The van der Waals surface area contributed by atoms with E-state index in [4.69, 9.17) is 33.0 Å². The van der Waals surface area contributed by atoms with Gasteiger partial charge in [0.25, 0.3) is 4.84 Å². The summed E-state index contributed by atoms with van der Waals surface area (Å²) in [5.74, 6) is 0.742.